The molecule has 0 heterocycles. The fourth-order valence-corrected chi connectivity index (χ4v) is 4.47. The van der Waals surface area contributed by atoms with Gasteiger partial charge < -0.3 is 20.3 Å². The summed E-state index contributed by atoms with van der Waals surface area (Å²) >= 11 is 0. The number of hydrogen-bond donors (Lipinski definition) is 3. The summed E-state index contributed by atoms with van der Waals surface area (Å²) in [7, 11) is 0. The first-order valence-electron chi connectivity index (χ1n) is 15.1. The van der Waals surface area contributed by atoms with Crippen LogP contribution in [0.3, 0.4) is 0 Å². The van der Waals surface area contributed by atoms with Crippen LogP contribution in [0, 0.1) is 19.4 Å². The standard InChI is InChI=1S/C35H46NO6/c1-3-4-5-8-12-17-29(37)18-13-9-6-7-10-16-21-32(35(2,41)34(39)40)33(38)36-27-26-28-22-24-31(25-23-28)42-30-19-14-11-15-20-30/h2,11,14-16,19-25,27,32,41H,3-10,12-13,17-18,26H2,1H3,(H,36,38)(H,39,40)/b21-16+/t32-,35+/m1/s1. The molecule has 7 heteroatoms. The Morgan fingerprint density at radius 2 is 1.48 bits per heavy atom. The number of Topliss-reactive ketones (excluding diaryl/α,β-unsaturated/α-hetero) is 1. The van der Waals surface area contributed by atoms with Gasteiger partial charge >= 0.3 is 5.97 Å². The number of carboxylic acid groups (broad SMARTS) is 1. The molecule has 7 nitrogen and oxygen atoms in total. The Balaban J connectivity index is 1.72. The minimum atomic E-state index is -2.75. The number of para-hydroxylation sites is 1. The largest absolute Gasteiger partial charge is 0.479 e. The van der Waals surface area contributed by atoms with Crippen molar-refractivity contribution in [2.24, 2.45) is 5.92 Å². The molecule has 0 aliphatic heterocycles. The molecule has 0 aliphatic rings. The zero-order valence-corrected chi connectivity index (χ0v) is 24.8. The number of unbranched alkanes of at least 4 members (excludes halogenated alkanes) is 8. The van der Waals surface area contributed by atoms with Crippen molar-refractivity contribution in [3.63, 3.8) is 0 Å². The van der Waals surface area contributed by atoms with Gasteiger partial charge in [0.25, 0.3) is 0 Å². The minimum Gasteiger partial charge on any atom is -0.479 e. The molecule has 1 amide bonds. The molecule has 0 spiro atoms. The third kappa shape index (κ3) is 13.5. The molecule has 42 heavy (non-hydrogen) atoms. The third-order valence-electron chi connectivity index (χ3n) is 7.05. The second kappa shape index (κ2) is 19.6. The second-order valence-electron chi connectivity index (χ2n) is 10.7. The van der Waals surface area contributed by atoms with Crippen molar-refractivity contribution in [3.8, 4) is 11.5 Å². The molecule has 227 valence electrons. The Morgan fingerprint density at radius 1 is 0.881 bits per heavy atom. The number of allylic oxidation sites excluding steroid dienone is 1. The van der Waals surface area contributed by atoms with Gasteiger partial charge in [-0.2, -0.15) is 0 Å². The van der Waals surface area contributed by atoms with Crippen LogP contribution in [0.25, 0.3) is 0 Å². The monoisotopic (exact) mass is 576 g/mol. The maximum absolute atomic E-state index is 12.8. The van der Waals surface area contributed by atoms with Gasteiger partial charge in [-0.25, -0.2) is 4.79 Å². The summed E-state index contributed by atoms with van der Waals surface area (Å²) in [6, 6.07) is 16.8. The zero-order chi connectivity index (χ0) is 30.6. The van der Waals surface area contributed by atoms with Gasteiger partial charge in [-0.05, 0) is 61.9 Å². The first kappa shape index (κ1) is 34.7. The van der Waals surface area contributed by atoms with E-state index in [1.54, 1.807) is 6.08 Å². The number of carbonyl (C=O) groups is 3. The Labute approximate surface area is 251 Å². The molecule has 3 radical (unpaired) electrons. The summed E-state index contributed by atoms with van der Waals surface area (Å²) in [4.78, 5) is 36.3. The van der Waals surface area contributed by atoms with Gasteiger partial charge in [-0.3, -0.25) is 9.59 Å². The lowest BCUT2D eigenvalue weighted by atomic mass is 9.87. The summed E-state index contributed by atoms with van der Waals surface area (Å²) < 4.78 is 5.78. The molecule has 0 saturated carbocycles. The molecule has 2 rings (SSSR count). The normalized spacial score (nSPS) is 13.4. The van der Waals surface area contributed by atoms with E-state index in [2.05, 4.69) is 12.2 Å². The highest BCUT2D eigenvalue weighted by Crippen LogP contribution is 2.23. The molecule has 2 aromatic carbocycles. The van der Waals surface area contributed by atoms with E-state index in [0.29, 0.717) is 37.2 Å². The van der Waals surface area contributed by atoms with Crippen LogP contribution in [-0.2, 0) is 20.8 Å². The van der Waals surface area contributed by atoms with Crippen LogP contribution in [0.15, 0.2) is 66.7 Å². The molecular weight excluding hydrogens is 530 g/mol. The number of rotatable bonds is 22. The van der Waals surface area contributed by atoms with Crippen LogP contribution in [0.5, 0.6) is 11.5 Å². The lowest BCUT2D eigenvalue weighted by molar-refractivity contribution is -0.160. The zero-order valence-electron chi connectivity index (χ0n) is 24.8. The number of ketones is 1. The average molecular weight is 577 g/mol. The summed E-state index contributed by atoms with van der Waals surface area (Å²) in [5.41, 5.74) is -1.85. The van der Waals surface area contributed by atoms with E-state index in [1.165, 1.54) is 31.9 Å². The summed E-state index contributed by atoms with van der Waals surface area (Å²) in [6.07, 6.45) is 14.6. The van der Waals surface area contributed by atoms with Gasteiger partial charge in [-0.1, -0.05) is 87.9 Å². The summed E-state index contributed by atoms with van der Waals surface area (Å²) in [5, 5.41) is 22.3. The molecule has 0 aromatic heterocycles. The molecule has 2 aromatic rings. The van der Waals surface area contributed by atoms with Crippen molar-refractivity contribution in [1.82, 2.24) is 5.32 Å². The number of carbonyl (C=O) groups excluding carboxylic acids is 2. The Morgan fingerprint density at radius 3 is 2.10 bits per heavy atom. The number of aliphatic hydroxyl groups is 1. The highest BCUT2D eigenvalue weighted by molar-refractivity contribution is 5.91. The van der Waals surface area contributed by atoms with Crippen LogP contribution in [0.2, 0.25) is 0 Å². The van der Waals surface area contributed by atoms with E-state index in [-0.39, 0.29) is 0 Å². The lowest BCUT2D eigenvalue weighted by Gasteiger charge is -2.25. The molecule has 0 saturated heterocycles. The summed E-state index contributed by atoms with van der Waals surface area (Å²) in [5.74, 6) is -2.13. The molecule has 0 aliphatic carbocycles. The van der Waals surface area contributed by atoms with Crippen LogP contribution in [0.4, 0.5) is 0 Å². The number of aliphatic carboxylic acids is 1. The van der Waals surface area contributed by atoms with Gasteiger partial charge in [0.05, 0.1) is 12.5 Å². The predicted molar refractivity (Wildman–Crippen MR) is 165 cm³/mol. The molecular formula is C35H46NO6. The number of benzene rings is 2. The molecule has 2 atom stereocenters. The van der Waals surface area contributed by atoms with Crippen molar-refractivity contribution >= 4 is 17.7 Å². The van der Waals surface area contributed by atoms with Gasteiger partial charge in [0.1, 0.15) is 17.3 Å². The van der Waals surface area contributed by atoms with Gasteiger partial charge in [-0.15, -0.1) is 0 Å². The fourth-order valence-electron chi connectivity index (χ4n) is 4.47. The van der Waals surface area contributed by atoms with Crippen molar-refractivity contribution in [1.29, 1.82) is 0 Å². The Hall–Kier alpha value is -3.45. The number of hydrogen-bond acceptors (Lipinski definition) is 5. The molecule has 3 N–H and O–H groups in total. The van der Waals surface area contributed by atoms with Crippen LogP contribution >= 0.6 is 0 Å². The van der Waals surface area contributed by atoms with E-state index in [9.17, 15) is 24.6 Å². The Kier molecular flexibility index (Phi) is 16.2. The first-order chi connectivity index (χ1) is 20.2. The van der Waals surface area contributed by atoms with E-state index < -0.39 is 23.4 Å². The van der Waals surface area contributed by atoms with Crippen molar-refractivity contribution in [3.05, 3.63) is 85.8 Å². The van der Waals surface area contributed by atoms with Crippen molar-refractivity contribution in [2.45, 2.75) is 96.0 Å². The van der Waals surface area contributed by atoms with E-state index >= 15 is 0 Å². The first-order valence-corrected chi connectivity index (χ1v) is 15.1. The van der Waals surface area contributed by atoms with E-state index in [1.807, 2.05) is 54.6 Å². The summed E-state index contributed by atoms with van der Waals surface area (Å²) in [6.45, 7) is 9.30. The molecule has 0 fully saturated rings. The topological polar surface area (TPSA) is 113 Å². The average Bonchev–Trinajstić information content (AvgIpc) is 2.97. The van der Waals surface area contributed by atoms with Crippen molar-refractivity contribution < 1.29 is 29.3 Å². The number of carboxylic acids is 1. The number of amides is 1. The number of nitrogens with one attached hydrogen (secondary N) is 1. The van der Waals surface area contributed by atoms with Crippen LogP contribution < -0.4 is 10.1 Å². The van der Waals surface area contributed by atoms with Crippen LogP contribution in [0.1, 0.15) is 89.5 Å². The maximum Gasteiger partial charge on any atom is 0.337 e. The molecule has 0 unspecified atom stereocenters. The lowest BCUT2D eigenvalue weighted by Crippen LogP contribution is -2.49. The van der Waals surface area contributed by atoms with Crippen molar-refractivity contribution in [2.75, 3.05) is 0 Å². The minimum absolute atomic E-state index is 0.335. The second-order valence-corrected chi connectivity index (χ2v) is 10.7. The predicted octanol–water partition coefficient (Wildman–Crippen LogP) is 7.27. The van der Waals surface area contributed by atoms with Gasteiger partial charge in [0, 0.05) is 19.8 Å². The fraction of sp³-hybridized carbons (Fsp3) is 0.457. The van der Waals surface area contributed by atoms with E-state index in [4.69, 9.17) is 11.7 Å². The highest BCUT2D eigenvalue weighted by atomic mass is 16.5. The van der Waals surface area contributed by atoms with Gasteiger partial charge in [0.15, 0.2) is 5.60 Å². The SMILES string of the molecule is [CH][C@@](O)(C(=O)O)[C@H](/C=C/CCCCCCC(=O)CCCCCCC)C(=O)N[CH]Cc1ccc(Oc2ccccc2)cc1. The van der Waals surface area contributed by atoms with Crippen LogP contribution in [-0.4, -0.2) is 33.5 Å². The molecule has 0 bridgehead atoms. The smallest absolute Gasteiger partial charge is 0.337 e. The van der Waals surface area contributed by atoms with E-state index in [0.717, 1.165) is 49.8 Å². The quantitative estimate of drug-likeness (QED) is 0.100. The number of ether oxygens (including phenoxy) is 1. The Bertz CT molecular complexity index is 1090. The van der Waals surface area contributed by atoms with Gasteiger partial charge in [0.2, 0.25) is 5.91 Å². The maximum atomic E-state index is 12.8. The highest BCUT2D eigenvalue weighted by Gasteiger charge is 2.42. The third-order valence-corrected chi connectivity index (χ3v) is 7.05.